The first-order chi connectivity index (χ1) is 8.35. The summed E-state index contributed by atoms with van der Waals surface area (Å²) in [4.78, 5) is 13.3. The average Bonchev–Trinajstić information content (AvgIpc) is 2.40. The van der Waals surface area contributed by atoms with Crippen LogP contribution >= 0.6 is 0 Å². The zero-order chi connectivity index (χ0) is 12.1. The molecule has 1 aromatic rings. The van der Waals surface area contributed by atoms with E-state index in [1.165, 1.54) is 0 Å². The van der Waals surface area contributed by atoms with E-state index in [1.807, 2.05) is 6.92 Å². The van der Waals surface area contributed by atoms with Crippen LogP contribution in [0.15, 0.2) is 12.4 Å². The fourth-order valence-electron chi connectivity index (χ4n) is 2.05. The molecule has 1 aliphatic heterocycles. The van der Waals surface area contributed by atoms with Crippen LogP contribution in [0.5, 0.6) is 5.88 Å². The highest BCUT2D eigenvalue weighted by molar-refractivity contribution is 5.48. The molecule has 0 spiro atoms. The molecule has 1 aliphatic rings. The van der Waals surface area contributed by atoms with Crippen molar-refractivity contribution in [3.05, 3.63) is 12.4 Å². The van der Waals surface area contributed by atoms with Gasteiger partial charge in [-0.25, -0.2) is 9.97 Å². The minimum Gasteiger partial charge on any atom is -0.475 e. The predicted molar refractivity (Wildman–Crippen MR) is 67.5 cm³/mol. The summed E-state index contributed by atoms with van der Waals surface area (Å²) in [5, 5.41) is 0. The first-order valence-corrected chi connectivity index (χ1v) is 6.26. The third-order valence-electron chi connectivity index (χ3n) is 3.05. The SMILES string of the molecule is CCOc1nccnc1N1CCN(CC)CC1. The van der Waals surface area contributed by atoms with Crippen LogP contribution in [0.1, 0.15) is 13.8 Å². The van der Waals surface area contributed by atoms with Crippen LogP contribution in [0.25, 0.3) is 0 Å². The Hall–Kier alpha value is -1.36. The van der Waals surface area contributed by atoms with Crippen molar-refractivity contribution in [3.8, 4) is 5.88 Å². The quantitative estimate of drug-likeness (QED) is 0.780. The Balaban J connectivity index is 2.07. The van der Waals surface area contributed by atoms with Gasteiger partial charge in [0.15, 0.2) is 5.82 Å². The molecule has 17 heavy (non-hydrogen) atoms. The van der Waals surface area contributed by atoms with Gasteiger partial charge in [0.05, 0.1) is 6.61 Å². The zero-order valence-electron chi connectivity index (χ0n) is 10.6. The molecule has 0 amide bonds. The summed E-state index contributed by atoms with van der Waals surface area (Å²) >= 11 is 0. The number of anilines is 1. The van der Waals surface area contributed by atoms with Crippen molar-refractivity contribution >= 4 is 5.82 Å². The van der Waals surface area contributed by atoms with Gasteiger partial charge in [-0.3, -0.25) is 0 Å². The van der Waals surface area contributed by atoms with E-state index >= 15 is 0 Å². The molecule has 2 rings (SSSR count). The summed E-state index contributed by atoms with van der Waals surface area (Å²) in [7, 11) is 0. The normalized spacial score (nSPS) is 17.2. The van der Waals surface area contributed by atoms with Crippen LogP contribution in [0.2, 0.25) is 0 Å². The van der Waals surface area contributed by atoms with Crippen LogP contribution in [-0.2, 0) is 0 Å². The van der Waals surface area contributed by atoms with Gasteiger partial charge in [0.2, 0.25) is 0 Å². The summed E-state index contributed by atoms with van der Waals surface area (Å²) in [6.45, 7) is 10.1. The molecular weight excluding hydrogens is 216 g/mol. The molecule has 0 bridgehead atoms. The van der Waals surface area contributed by atoms with E-state index in [2.05, 4.69) is 26.7 Å². The van der Waals surface area contributed by atoms with Crippen LogP contribution < -0.4 is 9.64 Å². The van der Waals surface area contributed by atoms with E-state index in [1.54, 1.807) is 12.4 Å². The molecule has 94 valence electrons. The van der Waals surface area contributed by atoms with Gasteiger partial charge in [-0.1, -0.05) is 6.92 Å². The first kappa shape index (κ1) is 12.1. The maximum Gasteiger partial charge on any atom is 0.257 e. The second kappa shape index (κ2) is 5.82. The monoisotopic (exact) mass is 236 g/mol. The molecule has 0 N–H and O–H groups in total. The summed E-state index contributed by atoms with van der Waals surface area (Å²) in [5.74, 6) is 1.53. The summed E-state index contributed by atoms with van der Waals surface area (Å²) in [6, 6.07) is 0. The van der Waals surface area contributed by atoms with E-state index in [0.29, 0.717) is 12.5 Å². The Morgan fingerprint density at radius 3 is 2.47 bits per heavy atom. The number of aromatic nitrogens is 2. The summed E-state index contributed by atoms with van der Waals surface area (Å²) in [6.07, 6.45) is 3.40. The smallest absolute Gasteiger partial charge is 0.257 e. The molecule has 5 nitrogen and oxygen atoms in total. The molecule has 2 heterocycles. The maximum absolute atomic E-state index is 5.51. The molecule has 0 aromatic carbocycles. The molecule has 0 saturated carbocycles. The lowest BCUT2D eigenvalue weighted by Gasteiger charge is -2.34. The third-order valence-corrected chi connectivity index (χ3v) is 3.05. The topological polar surface area (TPSA) is 41.5 Å². The summed E-state index contributed by atoms with van der Waals surface area (Å²) < 4.78 is 5.51. The van der Waals surface area contributed by atoms with E-state index < -0.39 is 0 Å². The maximum atomic E-state index is 5.51. The van der Waals surface area contributed by atoms with Gasteiger partial charge in [0.25, 0.3) is 5.88 Å². The van der Waals surface area contributed by atoms with E-state index in [0.717, 1.165) is 38.5 Å². The largest absolute Gasteiger partial charge is 0.475 e. The van der Waals surface area contributed by atoms with Gasteiger partial charge in [0.1, 0.15) is 0 Å². The minimum absolute atomic E-state index is 0.626. The van der Waals surface area contributed by atoms with Crippen molar-refractivity contribution in [2.75, 3.05) is 44.2 Å². The Kier molecular flexibility index (Phi) is 4.14. The highest BCUT2D eigenvalue weighted by atomic mass is 16.5. The minimum atomic E-state index is 0.626. The van der Waals surface area contributed by atoms with Crippen molar-refractivity contribution in [3.63, 3.8) is 0 Å². The third kappa shape index (κ3) is 2.85. The number of ether oxygens (including phenoxy) is 1. The molecule has 5 heteroatoms. The lowest BCUT2D eigenvalue weighted by atomic mass is 10.3. The van der Waals surface area contributed by atoms with Crippen LogP contribution in [0.3, 0.4) is 0 Å². The van der Waals surface area contributed by atoms with Gasteiger partial charge in [-0.05, 0) is 13.5 Å². The van der Waals surface area contributed by atoms with Gasteiger partial charge >= 0.3 is 0 Å². The molecular formula is C12H20N4O. The van der Waals surface area contributed by atoms with E-state index in [-0.39, 0.29) is 0 Å². The van der Waals surface area contributed by atoms with Crippen molar-refractivity contribution in [1.29, 1.82) is 0 Å². The molecule has 1 fully saturated rings. The van der Waals surface area contributed by atoms with Crippen molar-refractivity contribution < 1.29 is 4.74 Å². The second-order valence-corrected chi connectivity index (χ2v) is 4.04. The second-order valence-electron chi connectivity index (χ2n) is 4.04. The lowest BCUT2D eigenvalue weighted by molar-refractivity contribution is 0.267. The average molecular weight is 236 g/mol. The van der Waals surface area contributed by atoms with Crippen molar-refractivity contribution in [2.24, 2.45) is 0 Å². The Bertz CT molecular complexity index is 350. The summed E-state index contributed by atoms with van der Waals surface area (Å²) in [5.41, 5.74) is 0. The van der Waals surface area contributed by atoms with Crippen LogP contribution in [-0.4, -0.2) is 54.2 Å². The Morgan fingerprint density at radius 1 is 1.12 bits per heavy atom. The number of nitrogens with zero attached hydrogens (tertiary/aromatic N) is 4. The van der Waals surface area contributed by atoms with Crippen LogP contribution in [0, 0.1) is 0 Å². The molecule has 0 atom stereocenters. The molecule has 0 aliphatic carbocycles. The Morgan fingerprint density at radius 2 is 1.82 bits per heavy atom. The number of likely N-dealkylation sites (N-methyl/N-ethyl adjacent to an activating group) is 1. The van der Waals surface area contributed by atoms with Gasteiger partial charge < -0.3 is 14.5 Å². The number of hydrogen-bond acceptors (Lipinski definition) is 5. The fourth-order valence-corrected chi connectivity index (χ4v) is 2.05. The highest BCUT2D eigenvalue weighted by Gasteiger charge is 2.20. The van der Waals surface area contributed by atoms with E-state index in [4.69, 9.17) is 4.74 Å². The van der Waals surface area contributed by atoms with Crippen LogP contribution in [0.4, 0.5) is 5.82 Å². The molecule has 1 saturated heterocycles. The predicted octanol–water partition coefficient (Wildman–Crippen LogP) is 1.02. The number of rotatable bonds is 4. The fraction of sp³-hybridized carbons (Fsp3) is 0.667. The first-order valence-electron chi connectivity index (χ1n) is 6.26. The highest BCUT2D eigenvalue weighted by Crippen LogP contribution is 2.23. The zero-order valence-corrected chi connectivity index (χ0v) is 10.6. The van der Waals surface area contributed by atoms with Crippen molar-refractivity contribution in [1.82, 2.24) is 14.9 Å². The van der Waals surface area contributed by atoms with E-state index in [9.17, 15) is 0 Å². The van der Waals surface area contributed by atoms with Gasteiger partial charge in [0, 0.05) is 38.6 Å². The number of hydrogen-bond donors (Lipinski definition) is 0. The van der Waals surface area contributed by atoms with Gasteiger partial charge in [-0.2, -0.15) is 0 Å². The molecule has 1 aromatic heterocycles. The van der Waals surface area contributed by atoms with Crippen molar-refractivity contribution in [2.45, 2.75) is 13.8 Å². The van der Waals surface area contributed by atoms with Gasteiger partial charge in [-0.15, -0.1) is 0 Å². The molecule has 0 unspecified atom stereocenters. The standard InChI is InChI=1S/C12H20N4O/c1-3-15-7-9-16(10-8-15)11-12(17-4-2)14-6-5-13-11/h5-6H,3-4,7-10H2,1-2H3. The molecule has 0 radical (unpaired) electrons. The Labute approximate surface area is 102 Å². The number of piperazine rings is 1. The lowest BCUT2D eigenvalue weighted by Crippen LogP contribution is -2.46.